The lowest BCUT2D eigenvalue weighted by molar-refractivity contribution is -0.873. The lowest BCUT2D eigenvalue weighted by atomic mass is 10.1. The van der Waals surface area contributed by atoms with Crippen molar-refractivity contribution < 1.29 is 27.9 Å². The standard InChI is InChI=1S/C17H36N2O4/c1-17(21-13-15(23-17)11-19(5,6)7)9-8-16-20-12-14(22-16)10-18(2,3)4/h14-16H,8-13H2,1-7H3/q+2. The van der Waals surface area contributed by atoms with Gasteiger partial charge in [0.25, 0.3) is 0 Å². The summed E-state index contributed by atoms with van der Waals surface area (Å²) < 4.78 is 25.6. The second-order valence-electron chi connectivity index (χ2n) is 9.19. The molecule has 0 aromatic heterocycles. The van der Waals surface area contributed by atoms with Crippen LogP contribution < -0.4 is 0 Å². The fourth-order valence-corrected chi connectivity index (χ4v) is 3.27. The van der Waals surface area contributed by atoms with Crippen LogP contribution in [0.5, 0.6) is 0 Å². The van der Waals surface area contributed by atoms with Crippen molar-refractivity contribution in [3.8, 4) is 0 Å². The number of nitrogens with zero attached hydrogens (tertiary/aromatic N) is 2. The molecule has 0 amide bonds. The van der Waals surface area contributed by atoms with Gasteiger partial charge in [0.15, 0.2) is 12.1 Å². The van der Waals surface area contributed by atoms with Gasteiger partial charge in [-0.3, -0.25) is 0 Å². The van der Waals surface area contributed by atoms with E-state index in [-0.39, 0.29) is 18.5 Å². The Morgan fingerprint density at radius 3 is 2.13 bits per heavy atom. The third-order valence-electron chi connectivity index (χ3n) is 4.14. The van der Waals surface area contributed by atoms with Gasteiger partial charge in [0, 0.05) is 12.8 Å². The molecular weight excluding hydrogens is 296 g/mol. The van der Waals surface area contributed by atoms with Crippen LogP contribution in [0.1, 0.15) is 19.8 Å². The largest absolute Gasteiger partial charge is 0.350 e. The molecule has 2 rings (SSSR count). The molecule has 0 aliphatic carbocycles. The van der Waals surface area contributed by atoms with Crippen molar-refractivity contribution in [2.75, 3.05) is 68.6 Å². The van der Waals surface area contributed by atoms with E-state index in [0.717, 1.165) is 34.9 Å². The Bertz CT molecular complexity index is 391. The summed E-state index contributed by atoms with van der Waals surface area (Å²) in [5, 5.41) is 0. The monoisotopic (exact) mass is 332 g/mol. The van der Waals surface area contributed by atoms with Crippen molar-refractivity contribution in [2.24, 2.45) is 0 Å². The first-order valence-electron chi connectivity index (χ1n) is 8.64. The second kappa shape index (κ2) is 6.94. The Morgan fingerprint density at radius 1 is 0.913 bits per heavy atom. The van der Waals surface area contributed by atoms with Crippen molar-refractivity contribution in [2.45, 2.75) is 44.1 Å². The third kappa shape index (κ3) is 6.64. The molecule has 6 nitrogen and oxygen atoms in total. The van der Waals surface area contributed by atoms with Gasteiger partial charge in [0.1, 0.15) is 25.3 Å². The van der Waals surface area contributed by atoms with Gasteiger partial charge < -0.3 is 27.9 Å². The van der Waals surface area contributed by atoms with Crippen LogP contribution in [0, 0.1) is 0 Å². The molecule has 2 aliphatic heterocycles. The lowest BCUT2D eigenvalue weighted by Crippen LogP contribution is -2.43. The molecule has 0 saturated carbocycles. The van der Waals surface area contributed by atoms with E-state index < -0.39 is 5.79 Å². The van der Waals surface area contributed by atoms with Gasteiger partial charge in [-0.1, -0.05) is 0 Å². The first-order valence-corrected chi connectivity index (χ1v) is 8.64. The highest BCUT2D eigenvalue weighted by Crippen LogP contribution is 2.31. The molecule has 4 unspecified atom stereocenters. The van der Waals surface area contributed by atoms with Crippen LogP contribution in [0.3, 0.4) is 0 Å². The van der Waals surface area contributed by atoms with E-state index in [1.54, 1.807) is 0 Å². The Kier molecular flexibility index (Phi) is 5.76. The maximum absolute atomic E-state index is 6.14. The summed E-state index contributed by atoms with van der Waals surface area (Å²) in [5.41, 5.74) is 0. The van der Waals surface area contributed by atoms with Gasteiger partial charge in [-0.05, 0) is 6.92 Å². The SMILES string of the molecule is CC1(CCC2OCC(C[N+](C)(C)C)O2)OCC(C[N+](C)(C)C)O1. The average Bonchev–Trinajstić information content (AvgIpc) is 2.91. The van der Waals surface area contributed by atoms with E-state index >= 15 is 0 Å². The van der Waals surface area contributed by atoms with Gasteiger partial charge in [-0.2, -0.15) is 0 Å². The zero-order valence-electron chi connectivity index (χ0n) is 16.0. The molecule has 2 aliphatic rings. The minimum absolute atomic E-state index is 0.131. The van der Waals surface area contributed by atoms with Crippen molar-refractivity contribution in [3.63, 3.8) is 0 Å². The Balaban J connectivity index is 1.72. The number of quaternary nitrogens is 2. The summed E-state index contributed by atoms with van der Waals surface area (Å²) in [6.07, 6.45) is 1.82. The van der Waals surface area contributed by atoms with Crippen LogP contribution in [0.4, 0.5) is 0 Å². The van der Waals surface area contributed by atoms with Crippen molar-refractivity contribution >= 4 is 0 Å². The van der Waals surface area contributed by atoms with Crippen LogP contribution >= 0.6 is 0 Å². The number of likely N-dealkylation sites (N-methyl/N-ethyl adjacent to an activating group) is 2. The molecule has 0 N–H and O–H groups in total. The minimum Gasteiger partial charge on any atom is -0.350 e. The van der Waals surface area contributed by atoms with Gasteiger partial charge >= 0.3 is 0 Å². The average molecular weight is 332 g/mol. The van der Waals surface area contributed by atoms with E-state index in [0.29, 0.717) is 13.2 Å². The van der Waals surface area contributed by atoms with Gasteiger partial charge in [-0.15, -0.1) is 0 Å². The summed E-state index contributed by atoms with van der Waals surface area (Å²) in [7, 11) is 13.0. The second-order valence-corrected chi connectivity index (χ2v) is 9.19. The van der Waals surface area contributed by atoms with E-state index in [4.69, 9.17) is 18.9 Å². The van der Waals surface area contributed by atoms with Crippen LogP contribution in [-0.2, 0) is 18.9 Å². The smallest absolute Gasteiger partial charge is 0.166 e. The Morgan fingerprint density at radius 2 is 1.52 bits per heavy atom. The molecule has 0 radical (unpaired) electrons. The molecule has 2 heterocycles. The zero-order valence-corrected chi connectivity index (χ0v) is 16.0. The van der Waals surface area contributed by atoms with Crippen LogP contribution in [0.15, 0.2) is 0 Å². The molecule has 0 aromatic rings. The summed E-state index contributed by atoms with van der Waals surface area (Å²) in [4.78, 5) is 0. The van der Waals surface area contributed by atoms with Gasteiger partial charge in [-0.25, -0.2) is 0 Å². The summed E-state index contributed by atoms with van der Waals surface area (Å²) in [5.74, 6) is -0.509. The highest BCUT2D eigenvalue weighted by Gasteiger charge is 2.40. The minimum atomic E-state index is -0.509. The first kappa shape index (κ1) is 19.1. The predicted molar refractivity (Wildman–Crippen MR) is 88.9 cm³/mol. The van der Waals surface area contributed by atoms with E-state index in [9.17, 15) is 0 Å². The topological polar surface area (TPSA) is 36.9 Å². The summed E-state index contributed by atoms with van der Waals surface area (Å²) >= 11 is 0. The molecule has 0 spiro atoms. The molecule has 2 fully saturated rings. The number of hydrogen-bond acceptors (Lipinski definition) is 4. The van der Waals surface area contributed by atoms with Crippen molar-refractivity contribution in [1.29, 1.82) is 0 Å². The molecule has 6 heteroatoms. The van der Waals surface area contributed by atoms with Crippen molar-refractivity contribution in [3.05, 3.63) is 0 Å². The zero-order chi connectivity index (χ0) is 17.3. The van der Waals surface area contributed by atoms with Crippen molar-refractivity contribution in [1.82, 2.24) is 0 Å². The van der Waals surface area contributed by atoms with Crippen LogP contribution in [0.25, 0.3) is 0 Å². The summed E-state index contributed by atoms with van der Waals surface area (Å²) in [6, 6.07) is 0. The first-order chi connectivity index (χ1) is 10.4. The Hall–Kier alpha value is -0.240. The molecule has 0 aromatic carbocycles. The predicted octanol–water partition coefficient (Wildman–Crippen LogP) is 1.05. The lowest BCUT2D eigenvalue weighted by Gasteiger charge is -2.28. The fraction of sp³-hybridized carbons (Fsp3) is 1.00. The van der Waals surface area contributed by atoms with Crippen LogP contribution in [-0.4, -0.2) is 102 Å². The van der Waals surface area contributed by atoms with E-state index in [1.807, 2.05) is 6.92 Å². The van der Waals surface area contributed by atoms with E-state index in [1.165, 1.54) is 0 Å². The fourth-order valence-electron chi connectivity index (χ4n) is 3.27. The molecule has 23 heavy (non-hydrogen) atoms. The summed E-state index contributed by atoms with van der Waals surface area (Å²) in [6.45, 7) is 5.30. The van der Waals surface area contributed by atoms with E-state index in [2.05, 4.69) is 42.3 Å². The number of hydrogen-bond donors (Lipinski definition) is 0. The quantitative estimate of drug-likeness (QED) is 0.653. The number of ether oxygens (including phenoxy) is 4. The highest BCUT2D eigenvalue weighted by atomic mass is 16.7. The van der Waals surface area contributed by atoms with Crippen LogP contribution in [0.2, 0.25) is 0 Å². The highest BCUT2D eigenvalue weighted by molar-refractivity contribution is 4.76. The molecule has 136 valence electrons. The number of rotatable bonds is 7. The molecular formula is C17H36N2O4+2. The third-order valence-corrected chi connectivity index (χ3v) is 4.14. The maximum atomic E-state index is 6.14. The molecule has 4 atom stereocenters. The maximum Gasteiger partial charge on any atom is 0.166 e. The molecule has 2 saturated heterocycles. The molecule has 0 bridgehead atoms. The van der Waals surface area contributed by atoms with Gasteiger partial charge in [0.2, 0.25) is 0 Å². The Labute approximate surface area is 141 Å². The van der Waals surface area contributed by atoms with Gasteiger partial charge in [0.05, 0.1) is 55.5 Å². The normalized spacial score (nSPS) is 35.9.